The van der Waals surface area contributed by atoms with Crippen LogP contribution in [0.2, 0.25) is 0 Å². The van der Waals surface area contributed by atoms with E-state index < -0.39 is 5.41 Å². The van der Waals surface area contributed by atoms with E-state index in [9.17, 15) is 4.79 Å². The molecule has 1 fully saturated rings. The molecule has 0 saturated carbocycles. The zero-order valence-corrected chi connectivity index (χ0v) is 15.6. The SMILES string of the molecule is CC(C)(C)C(=O)Nc1ccc(Nc2ccccc2N2CCOCC2)nc1. The second kappa shape index (κ2) is 7.74. The van der Waals surface area contributed by atoms with Gasteiger partial charge in [-0.25, -0.2) is 4.98 Å². The average molecular weight is 354 g/mol. The highest BCUT2D eigenvalue weighted by atomic mass is 16.5. The van der Waals surface area contributed by atoms with Crippen LogP contribution in [0.5, 0.6) is 0 Å². The summed E-state index contributed by atoms with van der Waals surface area (Å²) < 4.78 is 5.44. The van der Waals surface area contributed by atoms with Crippen molar-refractivity contribution in [3.8, 4) is 0 Å². The van der Waals surface area contributed by atoms with Gasteiger partial charge in [0.15, 0.2) is 0 Å². The fourth-order valence-corrected chi connectivity index (χ4v) is 2.66. The zero-order valence-electron chi connectivity index (χ0n) is 15.6. The number of nitrogens with zero attached hydrogens (tertiary/aromatic N) is 2. The Hall–Kier alpha value is -2.60. The second-order valence-electron chi connectivity index (χ2n) is 7.38. The van der Waals surface area contributed by atoms with Gasteiger partial charge in [0.1, 0.15) is 5.82 Å². The summed E-state index contributed by atoms with van der Waals surface area (Å²) in [6, 6.07) is 11.9. The number of rotatable bonds is 4. The minimum Gasteiger partial charge on any atom is -0.378 e. The van der Waals surface area contributed by atoms with Crippen LogP contribution in [0.3, 0.4) is 0 Å². The third-order valence-electron chi connectivity index (χ3n) is 4.22. The van der Waals surface area contributed by atoms with E-state index in [1.54, 1.807) is 6.20 Å². The topological polar surface area (TPSA) is 66.5 Å². The van der Waals surface area contributed by atoms with Crippen LogP contribution in [0.1, 0.15) is 20.8 Å². The molecule has 2 aromatic rings. The van der Waals surface area contributed by atoms with Gasteiger partial charge in [0.25, 0.3) is 0 Å². The van der Waals surface area contributed by atoms with E-state index in [0.29, 0.717) is 5.69 Å². The molecule has 2 heterocycles. The maximum atomic E-state index is 12.1. The fraction of sp³-hybridized carbons (Fsp3) is 0.400. The first-order valence-corrected chi connectivity index (χ1v) is 8.90. The minimum atomic E-state index is -0.436. The molecule has 0 unspecified atom stereocenters. The van der Waals surface area contributed by atoms with Crippen molar-refractivity contribution in [2.45, 2.75) is 20.8 Å². The summed E-state index contributed by atoms with van der Waals surface area (Å²) in [5.41, 5.74) is 2.40. The average Bonchev–Trinajstić information content (AvgIpc) is 2.64. The number of benzene rings is 1. The van der Waals surface area contributed by atoms with Gasteiger partial charge in [-0.3, -0.25) is 4.79 Å². The summed E-state index contributed by atoms with van der Waals surface area (Å²) in [5, 5.41) is 6.26. The van der Waals surface area contributed by atoms with E-state index in [2.05, 4.69) is 26.6 Å². The Kier molecular flexibility index (Phi) is 5.42. The summed E-state index contributed by atoms with van der Waals surface area (Å²) in [4.78, 5) is 18.8. The molecule has 1 aliphatic rings. The maximum absolute atomic E-state index is 12.1. The highest BCUT2D eigenvalue weighted by Gasteiger charge is 2.21. The predicted molar refractivity (Wildman–Crippen MR) is 105 cm³/mol. The van der Waals surface area contributed by atoms with Crippen LogP contribution in [0, 0.1) is 5.41 Å². The van der Waals surface area contributed by atoms with Gasteiger partial charge in [0.2, 0.25) is 5.91 Å². The third-order valence-corrected chi connectivity index (χ3v) is 4.22. The van der Waals surface area contributed by atoms with E-state index in [1.807, 2.05) is 51.1 Å². The van der Waals surface area contributed by atoms with Gasteiger partial charge in [-0.1, -0.05) is 32.9 Å². The zero-order chi connectivity index (χ0) is 18.6. The number of nitrogens with one attached hydrogen (secondary N) is 2. The molecule has 1 aromatic heterocycles. The summed E-state index contributed by atoms with van der Waals surface area (Å²) in [7, 11) is 0. The van der Waals surface area contributed by atoms with Crippen LogP contribution in [0.25, 0.3) is 0 Å². The molecule has 0 aliphatic carbocycles. The molecule has 6 nitrogen and oxygen atoms in total. The number of morpholine rings is 1. The van der Waals surface area contributed by atoms with Crippen molar-refractivity contribution in [1.82, 2.24) is 4.98 Å². The van der Waals surface area contributed by atoms with Gasteiger partial charge in [0, 0.05) is 18.5 Å². The Labute approximate surface area is 154 Å². The van der Waals surface area contributed by atoms with Gasteiger partial charge in [-0.15, -0.1) is 0 Å². The number of pyridine rings is 1. The standard InChI is InChI=1S/C20H26N4O2/c1-20(2,3)19(25)22-15-8-9-18(21-14-15)23-16-6-4-5-7-17(16)24-10-12-26-13-11-24/h4-9,14H,10-13H2,1-3H3,(H,21,23)(H,22,25). The van der Waals surface area contributed by atoms with Crippen molar-refractivity contribution < 1.29 is 9.53 Å². The van der Waals surface area contributed by atoms with Gasteiger partial charge >= 0.3 is 0 Å². The number of ether oxygens (including phenoxy) is 1. The monoisotopic (exact) mass is 354 g/mol. The number of hydrogen-bond acceptors (Lipinski definition) is 5. The summed E-state index contributed by atoms with van der Waals surface area (Å²) in [6.07, 6.45) is 1.67. The number of hydrogen-bond donors (Lipinski definition) is 2. The van der Waals surface area contributed by atoms with Crippen LogP contribution in [-0.4, -0.2) is 37.2 Å². The van der Waals surface area contributed by atoms with E-state index in [-0.39, 0.29) is 5.91 Å². The number of carbonyl (C=O) groups is 1. The van der Waals surface area contributed by atoms with Gasteiger partial charge in [0.05, 0.1) is 36.5 Å². The summed E-state index contributed by atoms with van der Waals surface area (Å²) in [5.74, 6) is 0.706. The van der Waals surface area contributed by atoms with Gasteiger partial charge < -0.3 is 20.3 Å². The third kappa shape index (κ3) is 4.52. The Bertz CT molecular complexity index is 747. The maximum Gasteiger partial charge on any atom is 0.229 e. The first-order chi connectivity index (χ1) is 12.4. The van der Waals surface area contributed by atoms with Crippen LogP contribution >= 0.6 is 0 Å². The highest BCUT2D eigenvalue weighted by Crippen LogP contribution is 2.29. The number of para-hydroxylation sites is 2. The van der Waals surface area contributed by atoms with E-state index in [1.165, 1.54) is 0 Å². The van der Waals surface area contributed by atoms with Crippen LogP contribution in [0.15, 0.2) is 42.6 Å². The van der Waals surface area contributed by atoms with Crippen molar-refractivity contribution in [1.29, 1.82) is 0 Å². The molecule has 0 atom stereocenters. The lowest BCUT2D eigenvalue weighted by Gasteiger charge is -2.30. The Morgan fingerprint density at radius 3 is 2.50 bits per heavy atom. The van der Waals surface area contributed by atoms with Crippen molar-refractivity contribution in [3.63, 3.8) is 0 Å². The Morgan fingerprint density at radius 1 is 1.12 bits per heavy atom. The predicted octanol–water partition coefficient (Wildman–Crippen LogP) is 3.65. The molecule has 1 amide bonds. The van der Waals surface area contributed by atoms with E-state index in [0.717, 1.165) is 43.5 Å². The minimum absolute atomic E-state index is 0.0299. The number of amides is 1. The van der Waals surface area contributed by atoms with Crippen molar-refractivity contribution in [3.05, 3.63) is 42.6 Å². The quantitative estimate of drug-likeness (QED) is 0.877. The van der Waals surface area contributed by atoms with Crippen LogP contribution in [0.4, 0.5) is 22.9 Å². The van der Waals surface area contributed by atoms with Crippen molar-refractivity contribution >= 4 is 28.8 Å². The molecule has 1 aromatic carbocycles. The van der Waals surface area contributed by atoms with Crippen molar-refractivity contribution in [2.24, 2.45) is 5.41 Å². The lowest BCUT2D eigenvalue weighted by molar-refractivity contribution is -0.123. The molecule has 138 valence electrons. The smallest absolute Gasteiger partial charge is 0.229 e. The summed E-state index contributed by atoms with van der Waals surface area (Å²) >= 11 is 0. The van der Waals surface area contributed by atoms with Gasteiger partial charge in [-0.05, 0) is 24.3 Å². The first kappa shape index (κ1) is 18.2. The number of anilines is 4. The van der Waals surface area contributed by atoms with E-state index in [4.69, 9.17) is 4.74 Å². The lowest BCUT2D eigenvalue weighted by Crippen LogP contribution is -2.36. The van der Waals surface area contributed by atoms with Crippen LogP contribution < -0.4 is 15.5 Å². The lowest BCUT2D eigenvalue weighted by atomic mass is 9.96. The first-order valence-electron chi connectivity index (χ1n) is 8.90. The van der Waals surface area contributed by atoms with Crippen LogP contribution in [-0.2, 0) is 9.53 Å². The molecule has 26 heavy (non-hydrogen) atoms. The molecular formula is C20H26N4O2. The largest absolute Gasteiger partial charge is 0.378 e. The highest BCUT2D eigenvalue weighted by molar-refractivity contribution is 5.94. The molecule has 3 rings (SSSR count). The molecular weight excluding hydrogens is 328 g/mol. The number of aromatic nitrogens is 1. The molecule has 1 aliphatic heterocycles. The molecule has 1 saturated heterocycles. The van der Waals surface area contributed by atoms with E-state index >= 15 is 0 Å². The second-order valence-corrected chi connectivity index (χ2v) is 7.38. The Balaban J connectivity index is 1.71. The molecule has 0 bridgehead atoms. The van der Waals surface area contributed by atoms with Crippen molar-refractivity contribution in [2.75, 3.05) is 41.8 Å². The molecule has 0 spiro atoms. The van der Waals surface area contributed by atoms with Gasteiger partial charge in [-0.2, -0.15) is 0 Å². The fourth-order valence-electron chi connectivity index (χ4n) is 2.66. The normalized spacial score (nSPS) is 14.8. The molecule has 0 radical (unpaired) electrons. The Morgan fingerprint density at radius 2 is 1.85 bits per heavy atom. The molecule has 6 heteroatoms. The summed E-state index contributed by atoms with van der Waals surface area (Å²) in [6.45, 7) is 8.90. The molecule has 2 N–H and O–H groups in total. The number of carbonyl (C=O) groups excluding carboxylic acids is 1.